The van der Waals surface area contributed by atoms with Crippen molar-refractivity contribution < 1.29 is 9.53 Å². The summed E-state index contributed by atoms with van der Waals surface area (Å²) in [7, 11) is 0. The number of benzene rings is 1. The molecule has 2 aliphatic rings. The van der Waals surface area contributed by atoms with Gasteiger partial charge in [-0.2, -0.15) is 0 Å². The van der Waals surface area contributed by atoms with Gasteiger partial charge in [0.15, 0.2) is 5.72 Å². The number of rotatable bonds is 1. The third kappa shape index (κ3) is 1.65. The molecule has 0 aromatic heterocycles. The first-order chi connectivity index (χ1) is 8.22. The van der Waals surface area contributed by atoms with E-state index in [1.165, 1.54) is 0 Å². The first-order valence-electron chi connectivity index (χ1n) is 5.93. The van der Waals surface area contributed by atoms with E-state index in [-0.39, 0.29) is 5.91 Å². The van der Waals surface area contributed by atoms with Crippen LogP contribution in [0.5, 0.6) is 0 Å². The molecule has 3 nitrogen and oxygen atoms in total. The van der Waals surface area contributed by atoms with Crippen molar-refractivity contribution in [1.82, 2.24) is 4.90 Å². The Bertz CT molecular complexity index is 445. The van der Waals surface area contributed by atoms with Crippen LogP contribution in [0.25, 0.3) is 0 Å². The second-order valence-electron chi connectivity index (χ2n) is 4.54. The summed E-state index contributed by atoms with van der Waals surface area (Å²) in [5.74, 6) is 0.194. The number of carbonyl (C=O) groups excluding carboxylic acids is 1. The van der Waals surface area contributed by atoms with Crippen LogP contribution in [-0.4, -0.2) is 24.0 Å². The van der Waals surface area contributed by atoms with Gasteiger partial charge in [-0.15, -0.1) is 0 Å². The molecule has 0 radical (unpaired) electrons. The minimum absolute atomic E-state index is 0.194. The van der Waals surface area contributed by atoms with E-state index in [1.54, 1.807) is 0 Å². The molecule has 2 fully saturated rings. The first-order valence-corrected chi connectivity index (χ1v) is 6.31. The lowest BCUT2D eigenvalue weighted by atomic mass is 9.98. The molecule has 1 atom stereocenters. The molecule has 0 saturated carbocycles. The maximum absolute atomic E-state index is 11.9. The van der Waals surface area contributed by atoms with Crippen molar-refractivity contribution in [1.29, 1.82) is 0 Å². The van der Waals surface area contributed by atoms with Crippen LogP contribution < -0.4 is 0 Å². The molecule has 90 valence electrons. The standard InChI is InChI=1S/C13H14ClNO2/c14-11-4-2-10(3-5-11)13-7-6-12(16)15(13)8-1-9-17-13/h2-5H,1,6-9H2. The van der Waals surface area contributed by atoms with Crippen molar-refractivity contribution in [3.8, 4) is 0 Å². The Hall–Kier alpha value is -1.06. The molecule has 0 bridgehead atoms. The van der Waals surface area contributed by atoms with Crippen LogP contribution in [-0.2, 0) is 15.3 Å². The average molecular weight is 252 g/mol. The molecule has 1 amide bonds. The number of nitrogens with zero attached hydrogens (tertiary/aromatic N) is 1. The summed E-state index contributed by atoms with van der Waals surface area (Å²) in [6, 6.07) is 7.62. The number of hydrogen-bond donors (Lipinski definition) is 0. The summed E-state index contributed by atoms with van der Waals surface area (Å²) in [6.45, 7) is 1.51. The maximum atomic E-state index is 11.9. The van der Waals surface area contributed by atoms with Gasteiger partial charge in [0.2, 0.25) is 5.91 Å². The smallest absolute Gasteiger partial charge is 0.225 e. The van der Waals surface area contributed by atoms with Crippen LogP contribution in [0.1, 0.15) is 24.8 Å². The molecule has 2 saturated heterocycles. The second kappa shape index (κ2) is 4.00. The fraction of sp³-hybridized carbons (Fsp3) is 0.462. The van der Waals surface area contributed by atoms with E-state index >= 15 is 0 Å². The zero-order valence-electron chi connectivity index (χ0n) is 9.49. The van der Waals surface area contributed by atoms with Crippen molar-refractivity contribution in [3.05, 3.63) is 34.9 Å². The molecule has 0 aliphatic carbocycles. The minimum Gasteiger partial charge on any atom is -0.351 e. The number of fused-ring (bicyclic) bond motifs is 1. The lowest BCUT2D eigenvalue weighted by molar-refractivity contribution is -0.183. The second-order valence-corrected chi connectivity index (χ2v) is 4.98. The van der Waals surface area contributed by atoms with Gasteiger partial charge >= 0.3 is 0 Å². The Morgan fingerprint density at radius 1 is 1.29 bits per heavy atom. The van der Waals surface area contributed by atoms with Gasteiger partial charge in [-0.25, -0.2) is 0 Å². The van der Waals surface area contributed by atoms with E-state index in [0.717, 1.165) is 24.9 Å². The van der Waals surface area contributed by atoms with Crippen molar-refractivity contribution in [2.45, 2.75) is 25.0 Å². The number of ether oxygens (including phenoxy) is 1. The topological polar surface area (TPSA) is 29.5 Å². The molecule has 1 aromatic rings. The fourth-order valence-corrected chi connectivity index (χ4v) is 2.89. The highest BCUT2D eigenvalue weighted by Gasteiger charge is 2.49. The van der Waals surface area contributed by atoms with E-state index < -0.39 is 5.72 Å². The summed E-state index contributed by atoms with van der Waals surface area (Å²) in [5.41, 5.74) is 0.507. The van der Waals surface area contributed by atoms with Crippen LogP contribution in [0.3, 0.4) is 0 Å². The van der Waals surface area contributed by atoms with Gasteiger partial charge in [0.1, 0.15) is 0 Å². The highest BCUT2D eigenvalue weighted by atomic mass is 35.5. The lowest BCUT2D eigenvalue weighted by Crippen LogP contribution is -2.49. The highest BCUT2D eigenvalue weighted by molar-refractivity contribution is 6.30. The summed E-state index contributed by atoms with van der Waals surface area (Å²) in [4.78, 5) is 13.7. The third-order valence-electron chi connectivity index (χ3n) is 3.58. The molecule has 2 aliphatic heterocycles. The van der Waals surface area contributed by atoms with Gasteiger partial charge < -0.3 is 9.64 Å². The Kier molecular flexibility index (Phi) is 2.60. The van der Waals surface area contributed by atoms with Gasteiger partial charge in [0.05, 0.1) is 6.61 Å². The number of carbonyl (C=O) groups is 1. The predicted octanol–water partition coefficient (Wildman–Crippen LogP) is 2.54. The number of hydrogen-bond acceptors (Lipinski definition) is 2. The fourth-order valence-electron chi connectivity index (χ4n) is 2.76. The van der Waals surface area contributed by atoms with Crippen molar-refractivity contribution in [2.24, 2.45) is 0 Å². The summed E-state index contributed by atoms with van der Waals surface area (Å²) >= 11 is 5.90. The Labute approximate surface area is 105 Å². The molecular formula is C13H14ClNO2. The zero-order valence-corrected chi connectivity index (χ0v) is 10.2. The molecule has 17 heavy (non-hydrogen) atoms. The van der Waals surface area contributed by atoms with Crippen molar-refractivity contribution >= 4 is 17.5 Å². The van der Waals surface area contributed by atoms with Crippen LogP contribution >= 0.6 is 11.6 Å². The molecule has 3 rings (SSSR count). The minimum atomic E-state index is -0.528. The highest BCUT2D eigenvalue weighted by Crippen LogP contribution is 2.43. The monoisotopic (exact) mass is 251 g/mol. The molecular weight excluding hydrogens is 238 g/mol. The largest absolute Gasteiger partial charge is 0.351 e. The summed E-state index contributed by atoms with van der Waals surface area (Å²) in [6.07, 6.45) is 2.23. The van der Waals surface area contributed by atoms with Gasteiger partial charge in [-0.1, -0.05) is 23.7 Å². The summed E-state index contributed by atoms with van der Waals surface area (Å²) in [5, 5.41) is 0.705. The number of amides is 1. The van der Waals surface area contributed by atoms with Gasteiger partial charge in [-0.3, -0.25) is 4.79 Å². The van der Waals surface area contributed by atoms with Crippen molar-refractivity contribution in [3.63, 3.8) is 0 Å². The van der Waals surface area contributed by atoms with Gasteiger partial charge in [0.25, 0.3) is 0 Å². The Balaban J connectivity index is 2.03. The Morgan fingerprint density at radius 3 is 2.82 bits per heavy atom. The van der Waals surface area contributed by atoms with Crippen LogP contribution in [0.15, 0.2) is 24.3 Å². The molecule has 1 aromatic carbocycles. The van der Waals surface area contributed by atoms with Crippen molar-refractivity contribution in [2.75, 3.05) is 13.2 Å². The van der Waals surface area contributed by atoms with E-state index in [2.05, 4.69) is 0 Å². The molecule has 0 spiro atoms. The molecule has 1 unspecified atom stereocenters. The van der Waals surface area contributed by atoms with Crippen LogP contribution in [0.4, 0.5) is 0 Å². The van der Waals surface area contributed by atoms with Crippen LogP contribution in [0, 0.1) is 0 Å². The zero-order chi connectivity index (χ0) is 11.9. The Morgan fingerprint density at radius 2 is 2.06 bits per heavy atom. The van der Waals surface area contributed by atoms with Crippen LogP contribution in [0.2, 0.25) is 5.02 Å². The lowest BCUT2D eigenvalue weighted by Gasteiger charge is -2.42. The molecule has 4 heteroatoms. The maximum Gasteiger partial charge on any atom is 0.225 e. The SMILES string of the molecule is O=C1CCC2(c3ccc(Cl)cc3)OCCCN12. The molecule has 2 heterocycles. The first kappa shape index (κ1) is 11.1. The van der Waals surface area contributed by atoms with Gasteiger partial charge in [0, 0.05) is 30.0 Å². The number of halogens is 1. The quantitative estimate of drug-likeness (QED) is 0.768. The molecule has 0 N–H and O–H groups in total. The van der Waals surface area contributed by atoms with Gasteiger partial charge in [-0.05, 0) is 18.6 Å². The normalized spacial score (nSPS) is 28.3. The third-order valence-corrected chi connectivity index (χ3v) is 3.83. The van der Waals surface area contributed by atoms with E-state index in [0.29, 0.717) is 18.1 Å². The van der Waals surface area contributed by atoms with E-state index in [4.69, 9.17) is 16.3 Å². The summed E-state index contributed by atoms with van der Waals surface area (Å²) < 4.78 is 5.95. The van der Waals surface area contributed by atoms with E-state index in [9.17, 15) is 4.79 Å². The average Bonchev–Trinajstić information content (AvgIpc) is 2.70. The van der Waals surface area contributed by atoms with E-state index in [1.807, 2.05) is 29.2 Å². The predicted molar refractivity (Wildman–Crippen MR) is 64.6 cm³/mol.